The van der Waals surface area contributed by atoms with E-state index in [0.717, 1.165) is 25.0 Å². The quantitative estimate of drug-likeness (QED) is 0.261. The van der Waals surface area contributed by atoms with Crippen molar-refractivity contribution in [3.05, 3.63) is 65.7 Å². The molecule has 0 aliphatic heterocycles. The molecule has 0 heterocycles. The Bertz CT molecular complexity index is 781. The van der Waals surface area contributed by atoms with E-state index in [2.05, 4.69) is 0 Å². The maximum absolute atomic E-state index is 12.4. The smallest absolute Gasteiger partial charge is 0.311 e. The van der Waals surface area contributed by atoms with Crippen LogP contribution in [0.4, 0.5) is 0 Å². The van der Waals surface area contributed by atoms with E-state index in [-0.39, 0.29) is 18.4 Å². The van der Waals surface area contributed by atoms with Crippen molar-refractivity contribution in [3.8, 4) is 5.75 Å². The van der Waals surface area contributed by atoms with Crippen molar-refractivity contribution >= 4 is 11.8 Å². The zero-order valence-electron chi connectivity index (χ0n) is 18.2. The monoisotopic (exact) mass is 412 g/mol. The van der Waals surface area contributed by atoms with Crippen LogP contribution < -0.4 is 4.74 Å². The van der Waals surface area contributed by atoms with Crippen LogP contribution in [0.3, 0.4) is 0 Å². The fourth-order valence-electron chi connectivity index (χ4n) is 2.59. The Hall–Kier alpha value is -2.66. The number of ketones is 1. The third-order valence-electron chi connectivity index (χ3n) is 5.00. The van der Waals surface area contributed by atoms with E-state index in [9.17, 15) is 9.59 Å². The van der Waals surface area contributed by atoms with Crippen LogP contribution in [0.25, 0.3) is 0 Å². The highest BCUT2D eigenvalue weighted by atomic mass is 16.6. The van der Waals surface area contributed by atoms with Crippen LogP contribution >= 0.6 is 0 Å². The summed E-state index contributed by atoms with van der Waals surface area (Å²) in [4.78, 5) is 24.2. The third-order valence-corrected chi connectivity index (χ3v) is 5.00. The van der Waals surface area contributed by atoms with Crippen LogP contribution in [0.1, 0.15) is 56.0 Å². The molecular weight excluding hydrogens is 380 g/mol. The van der Waals surface area contributed by atoms with E-state index in [4.69, 9.17) is 14.2 Å². The first kappa shape index (κ1) is 23.6. The fourth-order valence-corrected chi connectivity index (χ4v) is 2.59. The Morgan fingerprint density at radius 1 is 0.800 bits per heavy atom. The van der Waals surface area contributed by atoms with Crippen molar-refractivity contribution in [2.24, 2.45) is 5.41 Å². The first-order valence-electron chi connectivity index (χ1n) is 10.5. The predicted molar refractivity (Wildman–Crippen MR) is 117 cm³/mol. The van der Waals surface area contributed by atoms with E-state index >= 15 is 0 Å². The molecule has 30 heavy (non-hydrogen) atoms. The summed E-state index contributed by atoms with van der Waals surface area (Å²) in [5.41, 5.74) is 0.879. The zero-order valence-corrected chi connectivity index (χ0v) is 18.2. The van der Waals surface area contributed by atoms with E-state index in [0.29, 0.717) is 30.9 Å². The number of carbonyl (C=O) groups is 2. The van der Waals surface area contributed by atoms with Crippen LogP contribution in [-0.4, -0.2) is 38.2 Å². The predicted octanol–water partition coefficient (Wildman–Crippen LogP) is 5.07. The largest absolute Gasteiger partial charge is 0.494 e. The first-order valence-corrected chi connectivity index (χ1v) is 10.5. The minimum absolute atomic E-state index is 0.00300. The van der Waals surface area contributed by atoms with Gasteiger partial charge in [-0.2, -0.15) is 0 Å². The maximum Gasteiger partial charge on any atom is 0.311 e. The van der Waals surface area contributed by atoms with Gasteiger partial charge in [-0.05, 0) is 57.4 Å². The molecule has 2 rings (SSSR count). The van der Waals surface area contributed by atoms with Gasteiger partial charge in [-0.1, -0.05) is 37.3 Å². The Kier molecular flexibility index (Phi) is 9.55. The molecule has 0 N–H and O–H groups in total. The van der Waals surface area contributed by atoms with Crippen molar-refractivity contribution in [1.29, 1.82) is 0 Å². The van der Waals surface area contributed by atoms with Crippen molar-refractivity contribution in [3.63, 3.8) is 0 Å². The Balaban J connectivity index is 1.56. The Morgan fingerprint density at radius 2 is 1.43 bits per heavy atom. The summed E-state index contributed by atoms with van der Waals surface area (Å²) in [5.74, 6) is 0.563. The normalized spacial score (nSPS) is 11.2. The molecule has 0 saturated carbocycles. The average Bonchev–Trinajstić information content (AvgIpc) is 2.78. The van der Waals surface area contributed by atoms with Gasteiger partial charge in [0, 0.05) is 17.7 Å². The Labute approximate surface area is 179 Å². The van der Waals surface area contributed by atoms with Gasteiger partial charge in [-0.3, -0.25) is 9.59 Å². The SMILES string of the molecule is CCC(C)(C)C(=O)OCCOCCCCOc1ccc(C(=O)c2ccccc2)cc1. The van der Waals surface area contributed by atoms with E-state index < -0.39 is 5.41 Å². The molecule has 2 aromatic rings. The maximum atomic E-state index is 12.4. The number of ether oxygens (including phenoxy) is 3. The molecule has 5 heteroatoms. The molecule has 0 unspecified atom stereocenters. The fraction of sp³-hybridized carbons (Fsp3) is 0.440. The highest BCUT2D eigenvalue weighted by Gasteiger charge is 2.26. The van der Waals surface area contributed by atoms with Crippen molar-refractivity contribution in [2.75, 3.05) is 26.4 Å². The molecule has 2 aromatic carbocycles. The molecule has 5 nitrogen and oxygen atoms in total. The zero-order chi connectivity index (χ0) is 21.8. The minimum Gasteiger partial charge on any atom is -0.494 e. The van der Waals surface area contributed by atoms with Gasteiger partial charge >= 0.3 is 5.97 Å². The van der Waals surface area contributed by atoms with Gasteiger partial charge in [0.05, 0.1) is 18.6 Å². The second-order valence-electron chi connectivity index (χ2n) is 7.76. The molecule has 0 aliphatic carbocycles. The first-order chi connectivity index (χ1) is 14.4. The molecule has 0 atom stereocenters. The summed E-state index contributed by atoms with van der Waals surface area (Å²) in [7, 11) is 0. The van der Waals surface area contributed by atoms with Crippen LogP contribution in [0.15, 0.2) is 54.6 Å². The van der Waals surface area contributed by atoms with Gasteiger partial charge in [0.25, 0.3) is 0 Å². The van der Waals surface area contributed by atoms with Crippen molar-refractivity contribution in [1.82, 2.24) is 0 Å². The van der Waals surface area contributed by atoms with Gasteiger partial charge in [-0.25, -0.2) is 0 Å². The van der Waals surface area contributed by atoms with E-state index in [1.165, 1.54) is 0 Å². The van der Waals surface area contributed by atoms with Gasteiger partial charge in [-0.15, -0.1) is 0 Å². The lowest BCUT2D eigenvalue weighted by Crippen LogP contribution is -2.27. The average molecular weight is 413 g/mol. The molecule has 0 radical (unpaired) electrons. The summed E-state index contributed by atoms with van der Waals surface area (Å²) in [6, 6.07) is 16.4. The lowest BCUT2D eigenvalue weighted by Gasteiger charge is -2.20. The summed E-state index contributed by atoms with van der Waals surface area (Å²) < 4.78 is 16.4. The molecule has 0 aliphatic rings. The molecular formula is C25H32O5. The van der Waals surface area contributed by atoms with E-state index in [1.807, 2.05) is 63.2 Å². The van der Waals surface area contributed by atoms with Crippen LogP contribution in [0, 0.1) is 5.41 Å². The molecule has 0 spiro atoms. The molecule has 0 amide bonds. The molecule has 0 fully saturated rings. The third kappa shape index (κ3) is 7.64. The topological polar surface area (TPSA) is 61.8 Å². The lowest BCUT2D eigenvalue weighted by atomic mass is 9.91. The van der Waals surface area contributed by atoms with Gasteiger partial charge < -0.3 is 14.2 Å². The number of hydrogen-bond donors (Lipinski definition) is 0. The highest BCUT2D eigenvalue weighted by molar-refractivity contribution is 6.08. The van der Waals surface area contributed by atoms with Crippen LogP contribution in [-0.2, 0) is 14.3 Å². The molecule has 162 valence electrons. The minimum atomic E-state index is -0.440. The van der Waals surface area contributed by atoms with E-state index in [1.54, 1.807) is 12.1 Å². The number of hydrogen-bond acceptors (Lipinski definition) is 5. The second-order valence-corrected chi connectivity index (χ2v) is 7.76. The summed E-state index contributed by atoms with van der Waals surface area (Å²) in [6.07, 6.45) is 2.46. The molecule has 0 saturated heterocycles. The number of unbranched alkanes of at least 4 members (excludes halogenated alkanes) is 1. The lowest BCUT2D eigenvalue weighted by molar-refractivity contribution is -0.155. The second kappa shape index (κ2) is 12.1. The number of rotatable bonds is 13. The van der Waals surface area contributed by atoms with Gasteiger partial charge in [0.2, 0.25) is 0 Å². The van der Waals surface area contributed by atoms with Gasteiger partial charge in [0.1, 0.15) is 12.4 Å². The summed E-state index contributed by atoms with van der Waals surface area (Å²) >= 11 is 0. The van der Waals surface area contributed by atoms with Crippen LogP contribution in [0.5, 0.6) is 5.75 Å². The number of esters is 1. The van der Waals surface area contributed by atoms with Crippen LogP contribution in [0.2, 0.25) is 0 Å². The number of benzene rings is 2. The van der Waals surface area contributed by atoms with Crippen molar-refractivity contribution < 1.29 is 23.8 Å². The summed E-state index contributed by atoms with van der Waals surface area (Å²) in [6.45, 7) is 7.60. The Morgan fingerprint density at radius 3 is 2.10 bits per heavy atom. The van der Waals surface area contributed by atoms with Gasteiger partial charge in [0.15, 0.2) is 5.78 Å². The standard InChI is InChI=1S/C25H32O5/c1-4-25(2,3)24(27)30-19-18-28-16-8-9-17-29-22-14-12-21(13-15-22)23(26)20-10-6-5-7-11-20/h5-7,10-15H,4,8-9,16-19H2,1-3H3. The number of carbonyl (C=O) groups excluding carboxylic acids is 2. The summed E-state index contributed by atoms with van der Waals surface area (Å²) in [5, 5.41) is 0. The molecule has 0 bridgehead atoms. The highest BCUT2D eigenvalue weighted by Crippen LogP contribution is 2.21. The van der Waals surface area contributed by atoms with Crippen molar-refractivity contribution in [2.45, 2.75) is 40.0 Å². The molecule has 0 aromatic heterocycles.